The van der Waals surface area contributed by atoms with Crippen molar-refractivity contribution in [2.24, 2.45) is 21.6 Å². The molecule has 3 rings (SSSR count). The normalized spacial score (nSPS) is 31.1. The Labute approximate surface area is 141 Å². The molecule has 5 nitrogen and oxygen atoms in total. The van der Waals surface area contributed by atoms with Crippen LogP contribution in [0.4, 0.5) is 0 Å². The monoisotopic (exact) mass is 330 g/mol. The van der Waals surface area contributed by atoms with Gasteiger partial charge in [-0.2, -0.15) is 0 Å². The van der Waals surface area contributed by atoms with Gasteiger partial charge in [-0.25, -0.2) is 4.99 Å². The number of amides is 1. The number of hydrogen-bond acceptors (Lipinski definition) is 5. The van der Waals surface area contributed by atoms with Crippen molar-refractivity contribution in [1.82, 2.24) is 4.90 Å². The lowest BCUT2D eigenvalue weighted by Gasteiger charge is -2.41. The number of carbonyl (C=O) groups excluding carboxylic acids is 1. The van der Waals surface area contributed by atoms with Gasteiger partial charge in [0, 0.05) is 12.6 Å². The topological polar surface area (TPSA) is 71.0 Å². The Bertz CT molecular complexity index is 714. The van der Waals surface area contributed by atoms with Gasteiger partial charge in [0.2, 0.25) is 5.91 Å². The van der Waals surface area contributed by atoms with E-state index in [2.05, 4.69) is 30.1 Å². The molecule has 0 radical (unpaired) electrons. The van der Waals surface area contributed by atoms with E-state index in [0.29, 0.717) is 12.5 Å². The van der Waals surface area contributed by atoms with Crippen molar-refractivity contribution in [3.8, 4) is 0 Å². The molecule has 0 saturated heterocycles. The lowest BCUT2D eigenvalue weighted by Crippen LogP contribution is -2.57. The molecule has 1 aromatic carbocycles. The molecular weight excluding hydrogens is 308 g/mol. The van der Waals surface area contributed by atoms with Crippen molar-refractivity contribution in [3.05, 3.63) is 35.4 Å². The second-order valence-electron chi connectivity index (χ2n) is 6.44. The molecule has 3 atom stereocenters. The minimum Gasteiger partial charge on any atom is -0.369 e. The van der Waals surface area contributed by atoms with Gasteiger partial charge in [0.25, 0.3) is 0 Å². The van der Waals surface area contributed by atoms with Crippen LogP contribution in [0.2, 0.25) is 0 Å². The Morgan fingerprint density at radius 3 is 2.87 bits per heavy atom. The number of rotatable bonds is 2. The number of thioether (sulfide) groups is 1. The van der Waals surface area contributed by atoms with Gasteiger partial charge < -0.3 is 5.73 Å². The Kier molecular flexibility index (Phi) is 3.96. The SMILES string of the molecule is Cc1cccc(C2=NCC([C@@]3(C)N=C(N)N(C)C(=O)[C@@H]3C)S2)c1. The summed E-state index contributed by atoms with van der Waals surface area (Å²) in [5, 5.41) is 1.14. The standard InChI is InChI=1S/C17H22N4OS/c1-10-6-5-7-12(8-10)14-19-9-13(23-14)17(3)11(2)15(22)21(4)16(18)20-17/h5-8,11,13H,9H2,1-4H3,(H2,18,20)/t11-,13?,17-/m0/s1. The number of benzene rings is 1. The number of carbonyl (C=O) groups is 1. The average Bonchev–Trinajstić information content (AvgIpc) is 3.02. The molecule has 23 heavy (non-hydrogen) atoms. The Balaban J connectivity index is 1.86. The largest absolute Gasteiger partial charge is 0.369 e. The molecule has 2 N–H and O–H groups in total. The summed E-state index contributed by atoms with van der Waals surface area (Å²) in [6.07, 6.45) is 0. The van der Waals surface area contributed by atoms with Crippen LogP contribution in [0.1, 0.15) is 25.0 Å². The Morgan fingerprint density at radius 1 is 1.43 bits per heavy atom. The number of hydrogen-bond donors (Lipinski definition) is 1. The summed E-state index contributed by atoms with van der Waals surface area (Å²) in [4.78, 5) is 23.2. The summed E-state index contributed by atoms with van der Waals surface area (Å²) in [5.74, 6) is 0.0918. The lowest BCUT2D eigenvalue weighted by atomic mass is 9.82. The Hall–Kier alpha value is -1.82. The van der Waals surface area contributed by atoms with Crippen LogP contribution in [0.15, 0.2) is 34.3 Å². The second kappa shape index (κ2) is 5.67. The van der Waals surface area contributed by atoms with E-state index in [1.165, 1.54) is 10.5 Å². The lowest BCUT2D eigenvalue weighted by molar-refractivity contribution is -0.133. The van der Waals surface area contributed by atoms with Crippen molar-refractivity contribution in [2.45, 2.75) is 31.6 Å². The van der Waals surface area contributed by atoms with Crippen LogP contribution in [-0.2, 0) is 4.79 Å². The third kappa shape index (κ3) is 2.65. The maximum absolute atomic E-state index is 12.4. The van der Waals surface area contributed by atoms with Crippen LogP contribution in [-0.4, -0.2) is 46.2 Å². The average molecular weight is 330 g/mol. The fourth-order valence-corrected chi connectivity index (χ4v) is 4.37. The van der Waals surface area contributed by atoms with Crippen LogP contribution < -0.4 is 5.73 Å². The quantitative estimate of drug-likeness (QED) is 0.902. The molecule has 1 unspecified atom stereocenters. The maximum atomic E-state index is 12.4. The predicted molar refractivity (Wildman–Crippen MR) is 95.9 cm³/mol. The number of aliphatic imine (C=N–C) groups is 2. The fraction of sp³-hybridized carbons (Fsp3) is 0.471. The van der Waals surface area contributed by atoms with E-state index in [0.717, 1.165) is 10.6 Å². The number of aryl methyl sites for hydroxylation is 1. The summed E-state index contributed by atoms with van der Waals surface area (Å²) < 4.78 is 0. The van der Waals surface area contributed by atoms with Gasteiger partial charge in [-0.05, 0) is 19.9 Å². The summed E-state index contributed by atoms with van der Waals surface area (Å²) >= 11 is 1.70. The van der Waals surface area contributed by atoms with Crippen LogP contribution >= 0.6 is 11.8 Å². The van der Waals surface area contributed by atoms with Crippen LogP contribution in [0, 0.1) is 12.8 Å². The first-order valence-electron chi connectivity index (χ1n) is 7.74. The van der Waals surface area contributed by atoms with E-state index in [9.17, 15) is 4.79 Å². The maximum Gasteiger partial charge on any atom is 0.234 e. The van der Waals surface area contributed by atoms with Crippen molar-refractivity contribution in [1.29, 1.82) is 0 Å². The third-order valence-corrected chi connectivity index (χ3v) is 6.35. The van der Waals surface area contributed by atoms with E-state index < -0.39 is 5.54 Å². The van der Waals surface area contributed by atoms with E-state index in [1.807, 2.05) is 19.9 Å². The smallest absolute Gasteiger partial charge is 0.234 e. The first-order chi connectivity index (χ1) is 10.8. The molecule has 2 aliphatic heterocycles. The molecule has 0 aromatic heterocycles. The minimum atomic E-state index is -0.534. The first kappa shape index (κ1) is 16.1. The molecule has 1 amide bonds. The number of nitrogens with zero attached hydrogens (tertiary/aromatic N) is 3. The van der Waals surface area contributed by atoms with Crippen molar-refractivity contribution in [3.63, 3.8) is 0 Å². The van der Waals surface area contributed by atoms with Gasteiger partial charge in [-0.1, -0.05) is 42.4 Å². The molecule has 2 heterocycles. The molecule has 0 bridgehead atoms. The summed E-state index contributed by atoms with van der Waals surface area (Å²) in [6, 6.07) is 8.33. The molecule has 0 aliphatic carbocycles. The fourth-order valence-electron chi connectivity index (χ4n) is 3.04. The highest BCUT2D eigenvalue weighted by atomic mass is 32.2. The van der Waals surface area contributed by atoms with Gasteiger partial charge >= 0.3 is 0 Å². The van der Waals surface area contributed by atoms with E-state index in [4.69, 9.17) is 10.7 Å². The zero-order chi connectivity index (χ0) is 16.8. The Morgan fingerprint density at radius 2 is 2.17 bits per heavy atom. The molecule has 2 aliphatic rings. The zero-order valence-corrected chi connectivity index (χ0v) is 14.7. The molecule has 0 spiro atoms. The molecule has 122 valence electrons. The zero-order valence-electron chi connectivity index (χ0n) is 13.9. The van der Waals surface area contributed by atoms with Gasteiger partial charge in [-0.15, -0.1) is 0 Å². The highest BCUT2D eigenvalue weighted by Crippen LogP contribution is 2.41. The minimum absolute atomic E-state index is 0.0182. The molecular formula is C17H22N4OS. The molecule has 1 aromatic rings. The van der Waals surface area contributed by atoms with E-state index >= 15 is 0 Å². The van der Waals surface area contributed by atoms with E-state index in [1.54, 1.807) is 18.8 Å². The van der Waals surface area contributed by atoms with Crippen molar-refractivity contribution >= 4 is 28.7 Å². The van der Waals surface area contributed by atoms with Crippen molar-refractivity contribution in [2.75, 3.05) is 13.6 Å². The number of guanidine groups is 1. The van der Waals surface area contributed by atoms with Crippen LogP contribution in [0.5, 0.6) is 0 Å². The first-order valence-corrected chi connectivity index (χ1v) is 8.62. The molecule has 0 fully saturated rings. The van der Waals surface area contributed by atoms with Gasteiger partial charge in [0.1, 0.15) is 0 Å². The van der Waals surface area contributed by atoms with Gasteiger partial charge in [0.15, 0.2) is 5.96 Å². The van der Waals surface area contributed by atoms with Crippen LogP contribution in [0.3, 0.4) is 0 Å². The van der Waals surface area contributed by atoms with E-state index in [-0.39, 0.29) is 17.1 Å². The summed E-state index contributed by atoms with van der Waals surface area (Å²) in [7, 11) is 1.67. The van der Waals surface area contributed by atoms with Gasteiger partial charge in [0.05, 0.1) is 28.3 Å². The summed E-state index contributed by atoms with van der Waals surface area (Å²) in [5.41, 5.74) is 7.76. The predicted octanol–water partition coefficient (Wildman–Crippen LogP) is 2.04. The van der Waals surface area contributed by atoms with Crippen LogP contribution in [0.25, 0.3) is 0 Å². The van der Waals surface area contributed by atoms with Gasteiger partial charge in [-0.3, -0.25) is 14.7 Å². The van der Waals surface area contributed by atoms with Crippen molar-refractivity contribution < 1.29 is 4.79 Å². The second-order valence-corrected chi connectivity index (χ2v) is 7.63. The number of nitrogens with two attached hydrogens (primary N) is 1. The molecule has 0 saturated carbocycles. The summed E-state index contributed by atoms with van der Waals surface area (Å²) in [6.45, 7) is 6.68. The highest BCUT2D eigenvalue weighted by Gasteiger charge is 2.49. The molecule has 6 heteroatoms. The third-order valence-electron chi connectivity index (χ3n) is 4.85. The highest BCUT2D eigenvalue weighted by molar-refractivity contribution is 8.15.